The summed E-state index contributed by atoms with van der Waals surface area (Å²) in [7, 11) is 0. The fourth-order valence-electron chi connectivity index (χ4n) is 1.48. The number of hydrogen-bond acceptors (Lipinski definition) is 3. The molecule has 0 fully saturated rings. The van der Waals surface area contributed by atoms with Gasteiger partial charge >= 0.3 is 5.97 Å². The van der Waals surface area contributed by atoms with E-state index >= 15 is 0 Å². The van der Waals surface area contributed by atoms with Gasteiger partial charge in [0.05, 0.1) is 11.4 Å². The molecule has 0 aromatic carbocycles. The zero-order valence-electron chi connectivity index (χ0n) is 11.7. The van der Waals surface area contributed by atoms with Crippen LogP contribution < -0.4 is 0 Å². The first-order chi connectivity index (χ1) is 8.28. The van der Waals surface area contributed by atoms with Gasteiger partial charge in [-0.05, 0) is 32.9 Å². The number of rotatable bonds is 9. The highest BCUT2D eigenvalue weighted by atomic mass is 32.2. The minimum atomic E-state index is -2.56. The molecule has 0 aliphatic heterocycles. The number of alkyl halides is 2. The lowest BCUT2D eigenvalue weighted by atomic mass is 10.1. The van der Waals surface area contributed by atoms with E-state index in [9.17, 15) is 13.6 Å². The molecule has 0 aromatic rings. The van der Waals surface area contributed by atoms with E-state index in [0.717, 1.165) is 0 Å². The fraction of sp³-hybridized carbons (Fsp3) is 0.923. The molecule has 18 heavy (non-hydrogen) atoms. The Kier molecular flexibility index (Phi) is 8.57. The second kappa shape index (κ2) is 8.73. The number of ether oxygens (including phenoxy) is 1. The third kappa shape index (κ3) is 8.72. The molecule has 0 rings (SSSR count). The van der Waals surface area contributed by atoms with Gasteiger partial charge in [-0.15, -0.1) is 11.8 Å². The van der Waals surface area contributed by atoms with Crippen LogP contribution in [0, 0.1) is 0 Å². The minimum absolute atomic E-state index is 0.0530. The smallest absolute Gasteiger partial charge is 0.319 e. The van der Waals surface area contributed by atoms with Gasteiger partial charge in [0, 0.05) is 12.8 Å². The van der Waals surface area contributed by atoms with E-state index in [1.165, 1.54) is 11.8 Å². The molecule has 5 heteroatoms. The maximum Gasteiger partial charge on any atom is 0.319 e. The van der Waals surface area contributed by atoms with E-state index in [0.29, 0.717) is 18.6 Å². The van der Waals surface area contributed by atoms with Gasteiger partial charge in [-0.3, -0.25) is 4.79 Å². The van der Waals surface area contributed by atoms with Crippen LogP contribution in [0.15, 0.2) is 0 Å². The molecule has 2 nitrogen and oxygen atoms in total. The van der Waals surface area contributed by atoms with Gasteiger partial charge < -0.3 is 4.74 Å². The molecule has 0 aromatic heterocycles. The second-order valence-electron chi connectivity index (χ2n) is 4.71. The highest BCUT2D eigenvalue weighted by molar-refractivity contribution is 8.00. The van der Waals surface area contributed by atoms with Crippen LogP contribution in [0.25, 0.3) is 0 Å². The number of halogens is 2. The Balaban J connectivity index is 3.75. The van der Waals surface area contributed by atoms with Crippen molar-refractivity contribution < 1.29 is 18.3 Å². The number of carbonyl (C=O) groups is 1. The second-order valence-corrected chi connectivity index (χ2v) is 6.16. The molecule has 0 spiro atoms. The number of esters is 1. The van der Waals surface area contributed by atoms with Crippen molar-refractivity contribution in [2.24, 2.45) is 0 Å². The van der Waals surface area contributed by atoms with Crippen LogP contribution in [0.4, 0.5) is 8.78 Å². The van der Waals surface area contributed by atoms with Crippen molar-refractivity contribution >= 4 is 17.7 Å². The molecule has 0 radical (unpaired) electrons. The Bertz CT molecular complexity index is 245. The van der Waals surface area contributed by atoms with Crippen LogP contribution >= 0.6 is 11.8 Å². The largest absolute Gasteiger partial charge is 0.462 e. The summed E-state index contributed by atoms with van der Waals surface area (Å²) in [5.74, 6) is -2.26. The van der Waals surface area contributed by atoms with Gasteiger partial charge in [-0.2, -0.15) is 0 Å². The van der Waals surface area contributed by atoms with Crippen LogP contribution in [0.3, 0.4) is 0 Å². The van der Waals surface area contributed by atoms with Crippen LogP contribution in [0.1, 0.15) is 53.4 Å². The van der Waals surface area contributed by atoms with Crippen LogP contribution in [-0.4, -0.2) is 29.0 Å². The summed E-state index contributed by atoms with van der Waals surface area (Å²) in [6.07, 6.45) is 0.644. The summed E-state index contributed by atoms with van der Waals surface area (Å²) in [5.41, 5.74) is 0. The normalized spacial score (nSPS) is 13.7. The lowest BCUT2D eigenvalue weighted by molar-refractivity contribution is -0.146. The van der Waals surface area contributed by atoms with E-state index in [2.05, 4.69) is 0 Å². The summed E-state index contributed by atoms with van der Waals surface area (Å²) >= 11 is 1.38. The number of hydrogen-bond donors (Lipinski definition) is 0. The average molecular weight is 282 g/mol. The Hall–Kier alpha value is -0.320. The van der Waals surface area contributed by atoms with Crippen molar-refractivity contribution in [1.82, 2.24) is 0 Å². The summed E-state index contributed by atoms with van der Waals surface area (Å²) < 4.78 is 31.4. The molecule has 0 saturated heterocycles. The lowest BCUT2D eigenvalue weighted by Gasteiger charge is -2.16. The zero-order valence-corrected chi connectivity index (χ0v) is 12.5. The lowest BCUT2D eigenvalue weighted by Crippen LogP contribution is -2.21. The minimum Gasteiger partial charge on any atom is -0.462 e. The Morgan fingerprint density at radius 3 is 2.39 bits per heavy atom. The highest BCUT2D eigenvalue weighted by Crippen LogP contribution is 2.27. The standard InChI is InChI=1S/C13H24F2O2S/c1-5-7-13(14,15)8-6-9-18-11(4)12(16)17-10(2)3/h10-11H,5-9H2,1-4H3. The average Bonchev–Trinajstić information content (AvgIpc) is 2.23. The van der Waals surface area contributed by atoms with Gasteiger partial charge in [0.15, 0.2) is 0 Å². The first-order valence-corrected chi connectivity index (χ1v) is 7.53. The molecule has 0 aliphatic rings. The van der Waals surface area contributed by atoms with Crippen LogP contribution in [0.2, 0.25) is 0 Å². The summed E-state index contributed by atoms with van der Waals surface area (Å²) in [6, 6.07) is 0. The Labute approximate surface area is 113 Å². The van der Waals surface area contributed by atoms with Gasteiger partial charge in [0.25, 0.3) is 0 Å². The first-order valence-electron chi connectivity index (χ1n) is 6.48. The number of carbonyl (C=O) groups excluding carboxylic acids is 1. The molecule has 0 saturated carbocycles. The zero-order chi connectivity index (χ0) is 14.2. The number of thioether (sulfide) groups is 1. The fourth-order valence-corrected chi connectivity index (χ4v) is 2.33. The maximum atomic E-state index is 13.2. The van der Waals surface area contributed by atoms with E-state index in [-0.39, 0.29) is 30.2 Å². The molecule has 0 heterocycles. The predicted molar refractivity (Wildman–Crippen MR) is 72.2 cm³/mol. The maximum absolute atomic E-state index is 13.2. The van der Waals surface area contributed by atoms with E-state index in [1.807, 2.05) is 0 Å². The summed E-state index contributed by atoms with van der Waals surface area (Å²) in [5, 5.41) is -0.285. The Morgan fingerprint density at radius 2 is 1.89 bits per heavy atom. The SMILES string of the molecule is CCCC(F)(F)CCCSC(C)C(=O)OC(C)C. The molecule has 108 valence electrons. The topological polar surface area (TPSA) is 26.3 Å². The van der Waals surface area contributed by atoms with E-state index in [4.69, 9.17) is 4.74 Å². The molecule has 0 amide bonds. The third-order valence-electron chi connectivity index (χ3n) is 2.35. The van der Waals surface area contributed by atoms with E-state index in [1.54, 1.807) is 27.7 Å². The van der Waals surface area contributed by atoms with Crippen molar-refractivity contribution in [3.8, 4) is 0 Å². The monoisotopic (exact) mass is 282 g/mol. The summed E-state index contributed by atoms with van der Waals surface area (Å²) in [4.78, 5) is 11.5. The predicted octanol–water partition coefficient (Wildman–Crippen LogP) is 4.28. The molecular formula is C13H24F2O2S. The third-order valence-corrected chi connectivity index (χ3v) is 3.57. The molecule has 0 N–H and O–H groups in total. The van der Waals surface area contributed by atoms with Crippen molar-refractivity contribution in [1.29, 1.82) is 0 Å². The Morgan fingerprint density at radius 1 is 1.28 bits per heavy atom. The van der Waals surface area contributed by atoms with Crippen molar-refractivity contribution in [3.63, 3.8) is 0 Å². The van der Waals surface area contributed by atoms with Crippen molar-refractivity contribution in [2.45, 2.75) is 70.7 Å². The van der Waals surface area contributed by atoms with Crippen LogP contribution in [-0.2, 0) is 9.53 Å². The van der Waals surface area contributed by atoms with Gasteiger partial charge in [-0.25, -0.2) is 8.78 Å². The quantitative estimate of drug-likeness (QED) is 0.466. The van der Waals surface area contributed by atoms with E-state index < -0.39 is 5.92 Å². The highest BCUT2D eigenvalue weighted by Gasteiger charge is 2.26. The molecule has 0 aliphatic carbocycles. The van der Waals surface area contributed by atoms with Crippen LogP contribution in [0.5, 0.6) is 0 Å². The van der Waals surface area contributed by atoms with Gasteiger partial charge in [0.1, 0.15) is 0 Å². The first kappa shape index (κ1) is 17.7. The van der Waals surface area contributed by atoms with Gasteiger partial charge in [0.2, 0.25) is 5.92 Å². The molecular weight excluding hydrogens is 258 g/mol. The molecule has 1 atom stereocenters. The van der Waals surface area contributed by atoms with Crippen molar-refractivity contribution in [3.05, 3.63) is 0 Å². The van der Waals surface area contributed by atoms with Gasteiger partial charge in [-0.1, -0.05) is 13.3 Å². The molecule has 0 bridgehead atoms. The van der Waals surface area contributed by atoms with Crippen molar-refractivity contribution in [2.75, 3.05) is 5.75 Å². The summed E-state index contributed by atoms with van der Waals surface area (Å²) in [6.45, 7) is 7.09. The molecule has 1 unspecified atom stereocenters.